The molecule has 1 heterocycles. The molecule has 0 fully saturated rings. The number of nitrogens with zero attached hydrogens (tertiary/aromatic N) is 2. The predicted octanol–water partition coefficient (Wildman–Crippen LogP) is 3.08. The van der Waals surface area contributed by atoms with Crippen LogP contribution in [-0.4, -0.2) is 24.6 Å². The van der Waals surface area contributed by atoms with E-state index in [0.29, 0.717) is 6.04 Å². The average Bonchev–Trinajstić information content (AvgIpc) is 2.27. The van der Waals surface area contributed by atoms with E-state index in [2.05, 4.69) is 36.0 Å². The number of rotatable bonds is 6. The molecule has 1 rings (SSSR count). The van der Waals surface area contributed by atoms with Gasteiger partial charge in [0.1, 0.15) is 5.82 Å². The first-order chi connectivity index (χ1) is 8.10. The van der Waals surface area contributed by atoms with Crippen molar-refractivity contribution in [2.45, 2.75) is 39.8 Å². The van der Waals surface area contributed by atoms with Crippen LogP contribution in [0.1, 0.15) is 32.8 Å². The van der Waals surface area contributed by atoms with Crippen molar-refractivity contribution in [3.05, 3.63) is 22.8 Å². The van der Waals surface area contributed by atoms with Crippen molar-refractivity contribution in [1.29, 1.82) is 0 Å². The first-order valence-corrected chi connectivity index (χ1v) is 6.53. The zero-order valence-electron chi connectivity index (χ0n) is 11.1. The molecule has 0 radical (unpaired) electrons. The molecule has 4 heteroatoms. The Kier molecular flexibility index (Phi) is 5.72. The van der Waals surface area contributed by atoms with Crippen LogP contribution in [0.3, 0.4) is 0 Å². The lowest BCUT2D eigenvalue weighted by atomic mass is 10.2. The Morgan fingerprint density at radius 2 is 2.18 bits per heavy atom. The lowest BCUT2D eigenvalue weighted by Gasteiger charge is -2.28. The Labute approximate surface area is 109 Å². The maximum absolute atomic E-state index is 6.31. The number of anilines is 1. The van der Waals surface area contributed by atoms with Crippen LogP contribution >= 0.6 is 11.6 Å². The van der Waals surface area contributed by atoms with Crippen LogP contribution in [0.25, 0.3) is 0 Å². The minimum absolute atomic E-state index is 0.412. The Hall–Kier alpha value is -0.800. The van der Waals surface area contributed by atoms with Gasteiger partial charge in [0.25, 0.3) is 0 Å². The van der Waals surface area contributed by atoms with Crippen LogP contribution in [0.5, 0.6) is 0 Å². The van der Waals surface area contributed by atoms with E-state index in [1.54, 1.807) is 0 Å². The third-order valence-corrected chi connectivity index (χ3v) is 2.90. The quantitative estimate of drug-likeness (QED) is 0.847. The molecule has 1 aromatic heterocycles. The predicted molar refractivity (Wildman–Crippen MR) is 74.8 cm³/mol. The number of pyridine rings is 1. The van der Waals surface area contributed by atoms with Gasteiger partial charge in [0.05, 0.1) is 5.02 Å². The number of aromatic nitrogens is 1. The highest BCUT2D eigenvalue weighted by Crippen LogP contribution is 2.25. The molecule has 0 saturated carbocycles. The maximum Gasteiger partial charge on any atom is 0.147 e. The van der Waals surface area contributed by atoms with Crippen molar-refractivity contribution in [3.63, 3.8) is 0 Å². The van der Waals surface area contributed by atoms with Gasteiger partial charge in [-0.3, -0.25) is 0 Å². The first kappa shape index (κ1) is 14.3. The third kappa shape index (κ3) is 3.86. The van der Waals surface area contributed by atoms with Gasteiger partial charge in [-0.05, 0) is 38.9 Å². The zero-order chi connectivity index (χ0) is 12.8. The van der Waals surface area contributed by atoms with Crippen molar-refractivity contribution < 1.29 is 0 Å². The van der Waals surface area contributed by atoms with E-state index in [9.17, 15) is 0 Å². The van der Waals surface area contributed by atoms with E-state index in [1.165, 1.54) is 0 Å². The normalized spacial score (nSPS) is 10.9. The highest BCUT2D eigenvalue weighted by molar-refractivity contribution is 6.33. The summed E-state index contributed by atoms with van der Waals surface area (Å²) in [6, 6.07) is 2.40. The second-order valence-electron chi connectivity index (χ2n) is 4.47. The van der Waals surface area contributed by atoms with Gasteiger partial charge in [-0.15, -0.1) is 0 Å². The number of nitrogens with one attached hydrogen (secondary N) is 1. The summed E-state index contributed by atoms with van der Waals surface area (Å²) in [5, 5.41) is 3.83. The molecule has 96 valence electrons. The second kappa shape index (κ2) is 6.82. The number of hydrogen-bond acceptors (Lipinski definition) is 3. The summed E-state index contributed by atoms with van der Waals surface area (Å²) in [5.41, 5.74) is 1.11. The van der Waals surface area contributed by atoms with E-state index in [4.69, 9.17) is 11.6 Å². The summed E-state index contributed by atoms with van der Waals surface area (Å²) in [5.74, 6) is 0.892. The van der Waals surface area contributed by atoms with Gasteiger partial charge in [-0.2, -0.15) is 0 Å². The van der Waals surface area contributed by atoms with Gasteiger partial charge in [0.15, 0.2) is 0 Å². The molecule has 0 bridgehead atoms. The van der Waals surface area contributed by atoms with Crippen molar-refractivity contribution in [1.82, 2.24) is 10.3 Å². The smallest absolute Gasteiger partial charge is 0.147 e. The minimum atomic E-state index is 0.412. The zero-order valence-corrected chi connectivity index (χ0v) is 11.9. The van der Waals surface area contributed by atoms with E-state index in [1.807, 2.05) is 19.3 Å². The van der Waals surface area contributed by atoms with Gasteiger partial charge in [0.2, 0.25) is 0 Å². The highest BCUT2D eigenvalue weighted by Gasteiger charge is 2.14. The molecule has 0 spiro atoms. The topological polar surface area (TPSA) is 28.2 Å². The second-order valence-corrected chi connectivity index (χ2v) is 4.87. The molecule has 0 saturated heterocycles. The molecule has 1 N–H and O–H groups in total. The van der Waals surface area contributed by atoms with Crippen molar-refractivity contribution >= 4 is 17.4 Å². The third-order valence-electron chi connectivity index (χ3n) is 2.62. The van der Waals surface area contributed by atoms with E-state index in [0.717, 1.165) is 35.9 Å². The van der Waals surface area contributed by atoms with Gasteiger partial charge in [-0.25, -0.2) is 4.98 Å². The van der Waals surface area contributed by atoms with Crippen LogP contribution in [-0.2, 0) is 6.54 Å². The molecule has 0 atom stereocenters. The van der Waals surface area contributed by atoms with Gasteiger partial charge < -0.3 is 10.2 Å². The molecular formula is C13H22ClN3. The Morgan fingerprint density at radius 3 is 2.65 bits per heavy atom. The number of halogens is 1. The molecule has 0 aromatic carbocycles. The summed E-state index contributed by atoms with van der Waals surface area (Å²) in [4.78, 5) is 6.73. The molecule has 0 aliphatic rings. The fourth-order valence-corrected chi connectivity index (χ4v) is 2.13. The molecular weight excluding hydrogens is 234 g/mol. The summed E-state index contributed by atoms with van der Waals surface area (Å²) < 4.78 is 0. The van der Waals surface area contributed by atoms with Crippen LogP contribution < -0.4 is 10.2 Å². The fourth-order valence-electron chi connectivity index (χ4n) is 1.83. The minimum Gasteiger partial charge on any atom is -0.353 e. The molecule has 17 heavy (non-hydrogen) atoms. The Balaban J connectivity index is 2.95. The Morgan fingerprint density at radius 1 is 1.47 bits per heavy atom. The SMILES string of the molecule is CCCN(c1ncc(CNC)cc1Cl)C(C)C. The molecule has 0 aliphatic carbocycles. The van der Waals surface area contributed by atoms with Crippen LogP contribution in [0, 0.1) is 0 Å². The monoisotopic (exact) mass is 255 g/mol. The number of hydrogen-bond donors (Lipinski definition) is 1. The van der Waals surface area contributed by atoms with Crippen LogP contribution in [0.2, 0.25) is 5.02 Å². The molecule has 1 aromatic rings. The summed E-state index contributed by atoms with van der Waals surface area (Å²) in [7, 11) is 1.92. The molecule has 0 aliphatic heterocycles. The molecule has 3 nitrogen and oxygen atoms in total. The lowest BCUT2D eigenvalue weighted by molar-refractivity contribution is 0.661. The Bertz CT molecular complexity index is 353. The average molecular weight is 256 g/mol. The molecule has 0 amide bonds. The van der Waals surface area contributed by atoms with Crippen molar-refractivity contribution in [2.75, 3.05) is 18.5 Å². The standard InChI is InChI=1S/C13H22ClN3/c1-5-6-17(10(2)3)13-12(14)7-11(8-15-4)9-16-13/h7,9-10,15H,5-6,8H2,1-4H3. The fraction of sp³-hybridized carbons (Fsp3) is 0.615. The van der Waals surface area contributed by atoms with Crippen molar-refractivity contribution in [2.24, 2.45) is 0 Å². The summed E-state index contributed by atoms with van der Waals surface area (Å²) in [6.45, 7) is 8.27. The van der Waals surface area contributed by atoms with Crippen LogP contribution in [0.15, 0.2) is 12.3 Å². The first-order valence-electron chi connectivity index (χ1n) is 6.15. The van der Waals surface area contributed by atoms with Gasteiger partial charge in [-0.1, -0.05) is 18.5 Å². The van der Waals surface area contributed by atoms with E-state index < -0.39 is 0 Å². The summed E-state index contributed by atoms with van der Waals surface area (Å²) in [6.07, 6.45) is 2.98. The molecule has 0 unspecified atom stereocenters. The summed E-state index contributed by atoms with van der Waals surface area (Å²) >= 11 is 6.31. The van der Waals surface area contributed by atoms with Gasteiger partial charge >= 0.3 is 0 Å². The maximum atomic E-state index is 6.31. The van der Waals surface area contributed by atoms with E-state index >= 15 is 0 Å². The van der Waals surface area contributed by atoms with Gasteiger partial charge in [0, 0.05) is 25.3 Å². The highest BCUT2D eigenvalue weighted by atomic mass is 35.5. The van der Waals surface area contributed by atoms with E-state index in [-0.39, 0.29) is 0 Å². The van der Waals surface area contributed by atoms with Crippen molar-refractivity contribution in [3.8, 4) is 0 Å². The lowest BCUT2D eigenvalue weighted by Crippen LogP contribution is -2.32. The van der Waals surface area contributed by atoms with Crippen LogP contribution in [0.4, 0.5) is 5.82 Å². The largest absolute Gasteiger partial charge is 0.353 e.